The third-order valence-electron chi connectivity index (χ3n) is 2.74. The van der Waals surface area contributed by atoms with Gasteiger partial charge in [-0.15, -0.1) is 0 Å². The van der Waals surface area contributed by atoms with Gasteiger partial charge in [0.2, 0.25) is 0 Å². The van der Waals surface area contributed by atoms with Crippen LogP contribution in [0.15, 0.2) is 18.2 Å². The summed E-state index contributed by atoms with van der Waals surface area (Å²) in [6, 6.07) is 5.66. The SMILES string of the molecule is COC(=O)C(=O)NCc1ccc(OC)c(C(C)C)c1. The van der Waals surface area contributed by atoms with E-state index in [1.54, 1.807) is 7.11 Å². The van der Waals surface area contributed by atoms with E-state index in [9.17, 15) is 9.59 Å². The van der Waals surface area contributed by atoms with Crippen LogP contribution in [0.25, 0.3) is 0 Å². The molecule has 0 aliphatic rings. The number of carbonyl (C=O) groups is 2. The summed E-state index contributed by atoms with van der Waals surface area (Å²) in [6.45, 7) is 4.40. The van der Waals surface area contributed by atoms with Crippen molar-refractivity contribution in [3.63, 3.8) is 0 Å². The number of nitrogens with one attached hydrogen (secondary N) is 1. The molecule has 1 amide bonds. The summed E-state index contributed by atoms with van der Waals surface area (Å²) in [7, 11) is 2.80. The topological polar surface area (TPSA) is 64.6 Å². The predicted octanol–water partition coefficient (Wildman–Crippen LogP) is 1.61. The molecule has 0 atom stereocenters. The maximum absolute atomic E-state index is 11.3. The van der Waals surface area contributed by atoms with E-state index in [2.05, 4.69) is 23.9 Å². The molecule has 1 aromatic carbocycles. The Hall–Kier alpha value is -2.04. The fraction of sp³-hybridized carbons (Fsp3) is 0.429. The van der Waals surface area contributed by atoms with Gasteiger partial charge < -0.3 is 14.8 Å². The Bertz CT molecular complexity index is 469. The lowest BCUT2D eigenvalue weighted by Gasteiger charge is -2.13. The first-order valence-electron chi connectivity index (χ1n) is 6.02. The molecule has 5 nitrogen and oxygen atoms in total. The second kappa shape index (κ2) is 6.78. The van der Waals surface area contributed by atoms with Crippen LogP contribution in [0.1, 0.15) is 30.9 Å². The van der Waals surface area contributed by atoms with Crippen molar-refractivity contribution in [1.29, 1.82) is 0 Å². The van der Waals surface area contributed by atoms with Crippen molar-refractivity contribution in [3.8, 4) is 5.75 Å². The molecule has 0 bridgehead atoms. The van der Waals surface area contributed by atoms with E-state index in [1.165, 1.54) is 7.11 Å². The standard InChI is InChI=1S/C14H19NO4/c1-9(2)11-7-10(5-6-12(11)18-3)8-15-13(16)14(17)19-4/h5-7,9H,8H2,1-4H3,(H,15,16). The highest BCUT2D eigenvalue weighted by Crippen LogP contribution is 2.27. The van der Waals surface area contributed by atoms with Gasteiger partial charge in [0.15, 0.2) is 0 Å². The maximum atomic E-state index is 11.3. The molecule has 0 heterocycles. The highest BCUT2D eigenvalue weighted by Gasteiger charge is 2.13. The molecule has 1 N–H and O–H groups in total. The van der Waals surface area contributed by atoms with Gasteiger partial charge >= 0.3 is 11.9 Å². The lowest BCUT2D eigenvalue weighted by molar-refractivity contribution is -0.152. The van der Waals surface area contributed by atoms with Gasteiger partial charge in [0.05, 0.1) is 14.2 Å². The molecule has 0 aliphatic heterocycles. The summed E-state index contributed by atoms with van der Waals surface area (Å²) in [5.41, 5.74) is 1.97. The molecule has 0 spiro atoms. The van der Waals surface area contributed by atoms with E-state index < -0.39 is 11.9 Å². The Balaban J connectivity index is 2.77. The number of hydrogen-bond donors (Lipinski definition) is 1. The zero-order valence-electron chi connectivity index (χ0n) is 11.6. The predicted molar refractivity (Wildman–Crippen MR) is 70.9 cm³/mol. The first kappa shape index (κ1) is 15.0. The Labute approximate surface area is 112 Å². The van der Waals surface area contributed by atoms with Gasteiger partial charge in [-0.1, -0.05) is 26.0 Å². The smallest absolute Gasteiger partial charge is 0.396 e. The summed E-state index contributed by atoms with van der Waals surface area (Å²) in [4.78, 5) is 22.2. The Kier molecular flexibility index (Phi) is 5.36. The Morgan fingerprint density at radius 2 is 1.95 bits per heavy atom. The fourth-order valence-electron chi connectivity index (χ4n) is 1.69. The minimum atomic E-state index is -0.891. The normalized spacial score (nSPS) is 10.2. The number of carbonyl (C=O) groups excluding carboxylic acids is 2. The molecule has 0 aromatic heterocycles. The number of esters is 1. The van der Waals surface area contributed by atoms with E-state index in [-0.39, 0.29) is 6.54 Å². The number of benzene rings is 1. The Morgan fingerprint density at radius 1 is 1.26 bits per heavy atom. The maximum Gasteiger partial charge on any atom is 0.396 e. The van der Waals surface area contributed by atoms with Crippen molar-refractivity contribution in [2.24, 2.45) is 0 Å². The largest absolute Gasteiger partial charge is 0.496 e. The average molecular weight is 265 g/mol. The summed E-state index contributed by atoms with van der Waals surface area (Å²) < 4.78 is 9.61. The van der Waals surface area contributed by atoms with Crippen LogP contribution in [0.2, 0.25) is 0 Å². The first-order valence-corrected chi connectivity index (χ1v) is 6.02. The second-order valence-corrected chi connectivity index (χ2v) is 4.41. The van der Waals surface area contributed by atoms with Crippen LogP contribution in [0.4, 0.5) is 0 Å². The first-order chi connectivity index (χ1) is 8.99. The molecule has 0 saturated carbocycles. The molecule has 1 rings (SSSR count). The lowest BCUT2D eigenvalue weighted by Crippen LogP contribution is -2.31. The molecule has 0 radical (unpaired) electrons. The number of methoxy groups -OCH3 is 2. The molecule has 104 valence electrons. The van der Waals surface area contributed by atoms with E-state index in [1.807, 2.05) is 18.2 Å². The van der Waals surface area contributed by atoms with Crippen molar-refractivity contribution < 1.29 is 19.1 Å². The third-order valence-corrected chi connectivity index (χ3v) is 2.74. The molecule has 0 unspecified atom stereocenters. The molecule has 0 fully saturated rings. The monoisotopic (exact) mass is 265 g/mol. The average Bonchev–Trinajstić information content (AvgIpc) is 2.43. The van der Waals surface area contributed by atoms with Crippen molar-refractivity contribution in [3.05, 3.63) is 29.3 Å². The third kappa shape index (κ3) is 3.98. The molecule has 0 aliphatic carbocycles. The minimum Gasteiger partial charge on any atom is -0.496 e. The lowest BCUT2D eigenvalue weighted by atomic mass is 9.99. The molecular formula is C14H19NO4. The van der Waals surface area contributed by atoms with Crippen LogP contribution < -0.4 is 10.1 Å². The van der Waals surface area contributed by atoms with Crippen molar-refractivity contribution >= 4 is 11.9 Å². The Morgan fingerprint density at radius 3 is 2.47 bits per heavy atom. The summed E-state index contributed by atoms with van der Waals surface area (Å²) in [5.74, 6) is -0.508. The van der Waals surface area contributed by atoms with Gasteiger partial charge in [0.25, 0.3) is 0 Å². The van der Waals surface area contributed by atoms with Crippen LogP contribution in [-0.2, 0) is 20.9 Å². The van der Waals surface area contributed by atoms with E-state index in [0.29, 0.717) is 5.92 Å². The van der Waals surface area contributed by atoms with Gasteiger partial charge in [-0.25, -0.2) is 4.79 Å². The fourth-order valence-corrected chi connectivity index (χ4v) is 1.69. The van der Waals surface area contributed by atoms with Crippen LogP contribution in [-0.4, -0.2) is 26.1 Å². The van der Waals surface area contributed by atoms with Gasteiger partial charge in [0.1, 0.15) is 5.75 Å². The highest BCUT2D eigenvalue weighted by molar-refractivity contribution is 6.32. The van der Waals surface area contributed by atoms with Crippen LogP contribution >= 0.6 is 0 Å². The molecule has 1 aromatic rings. The quantitative estimate of drug-likeness (QED) is 0.663. The van der Waals surface area contributed by atoms with Crippen LogP contribution in [0, 0.1) is 0 Å². The van der Waals surface area contributed by atoms with E-state index in [0.717, 1.165) is 16.9 Å². The molecule has 5 heteroatoms. The molecular weight excluding hydrogens is 246 g/mol. The van der Waals surface area contributed by atoms with Crippen LogP contribution in [0.5, 0.6) is 5.75 Å². The number of hydrogen-bond acceptors (Lipinski definition) is 4. The summed E-state index contributed by atoms with van der Waals surface area (Å²) >= 11 is 0. The minimum absolute atomic E-state index is 0.275. The molecule has 19 heavy (non-hydrogen) atoms. The van der Waals surface area contributed by atoms with Crippen molar-refractivity contribution in [2.45, 2.75) is 26.3 Å². The van der Waals surface area contributed by atoms with Gasteiger partial charge in [-0.05, 0) is 23.1 Å². The zero-order chi connectivity index (χ0) is 14.4. The highest BCUT2D eigenvalue weighted by atomic mass is 16.5. The summed E-state index contributed by atoms with van der Waals surface area (Å²) in [5, 5.41) is 2.50. The van der Waals surface area contributed by atoms with Crippen molar-refractivity contribution in [2.75, 3.05) is 14.2 Å². The number of amides is 1. The van der Waals surface area contributed by atoms with E-state index in [4.69, 9.17) is 4.74 Å². The zero-order valence-corrected chi connectivity index (χ0v) is 11.6. The number of rotatable bonds is 4. The van der Waals surface area contributed by atoms with Gasteiger partial charge in [-0.3, -0.25) is 4.79 Å². The summed E-state index contributed by atoms with van der Waals surface area (Å²) in [6.07, 6.45) is 0. The van der Waals surface area contributed by atoms with Crippen molar-refractivity contribution in [1.82, 2.24) is 5.32 Å². The van der Waals surface area contributed by atoms with E-state index >= 15 is 0 Å². The van der Waals surface area contributed by atoms with Gasteiger partial charge in [-0.2, -0.15) is 0 Å². The van der Waals surface area contributed by atoms with Gasteiger partial charge in [0, 0.05) is 6.54 Å². The number of ether oxygens (including phenoxy) is 2. The second-order valence-electron chi connectivity index (χ2n) is 4.41. The van der Waals surface area contributed by atoms with Crippen LogP contribution in [0.3, 0.4) is 0 Å². The molecule has 0 saturated heterocycles.